The Morgan fingerprint density at radius 3 is 1.12 bits per heavy atom. The van der Waals surface area contributed by atoms with Crippen LogP contribution in [0, 0.1) is 13.8 Å². The zero-order valence-corrected chi connectivity index (χ0v) is 22.9. The van der Waals surface area contributed by atoms with Crippen molar-refractivity contribution < 1.29 is 0 Å². The van der Waals surface area contributed by atoms with E-state index >= 15 is 0 Å². The molecule has 0 nitrogen and oxygen atoms in total. The van der Waals surface area contributed by atoms with E-state index < -0.39 is 0 Å². The van der Waals surface area contributed by atoms with Gasteiger partial charge in [0.2, 0.25) is 0 Å². The van der Waals surface area contributed by atoms with Gasteiger partial charge in [0.05, 0.1) is 0 Å². The van der Waals surface area contributed by atoms with Crippen molar-refractivity contribution in [3.05, 3.63) is 69.8 Å². The summed E-state index contributed by atoms with van der Waals surface area (Å²) in [5.41, 5.74) is 13.3. The smallest absolute Gasteiger partial charge is 0.0218 e. The van der Waals surface area contributed by atoms with E-state index in [4.69, 9.17) is 0 Å². The van der Waals surface area contributed by atoms with Crippen molar-refractivity contribution in [2.24, 2.45) is 0 Å². The number of benzene rings is 2. The monoisotopic (exact) mass is 456 g/mol. The van der Waals surface area contributed by atoms with E-state index in [1.807, 2.05) is 0 Å². The first-order valence-electron chi connectivity index (χ1n) is 14.5. The molecule has 0 N–H and O–H groups in total. The van der Waals surface area contributed by atoms with Crippen LogP contribution in [0.5, 0.6) is 0 Å². The third-order valence-electron chi connectivity index (χ3n) is 8.96. The van der Waals surface area contributed by atoms with E-state index in [9.17, 15) is 0 Å². The molecule has 34 heavy (non-hydrogen) atoms. The predicted molar refractivity (Wildman–Crippen MR) is 151 cm³/mol. The Bertz CT molecular complexity index is 934. The largest absolute Gasteiger partial charge is 0.0654 e. The number of aryl methyl sites for hydroxylation is 2. The molecule has 0 heteroatoms. The molecule has 4 rings (SSSR count). The van der Waals surface area contributed by atoms with Crippen LogP contribution in [0.1, 0.15) is 138 Å². The summed E-state index contributed by atoms with van der Waals surface area (Å²) in [6, 6.07) is 15.0. The van der Waals surface area contributed by atoms with Gasteiger partial charge in [0, 0.05) is 10.8 Å². The van der Waals surface area contributed by atoms with Crippen molar-refractivity contribution in [3.8, 4) is 0 Å². The fourth-order valence-electron chi connectivity index (χ4n) is 7.28. The van der Waals surface area contributed by atoms with Crippen LogP contribution in [-0.4, -0.2) is 0 Å². The lowest BCUT2D eigenvalue weighted by Crippen LogP contribution is -2.28. The van der Waals surface area contributed by atoms with Gasteiger partial charge in [-0.1, -0.05) is 127 Å². The van der Waals surface area contributed by atoms with Crippen molar-refractivity contribution in [1.82, 2.24) is 0 Å². The van der Waals surface area contributed by atoms with Crippen molar-refractivity contribution >= 4 is 11.1 Å². The molecule has 0 radical (unpaired) electrons. The molecule has 0 aliphatic heterocycles. The third-order valence-corrected chi connectivity index (χ3v) is 8.96. The molecule has 0 aromatic heterocycles. The molecule has 0 unspecified atom stereocenters. The molecule has 184 valence electrons. The van der Waals surface area contributed by atoms with E-state index in [0.29, 0.717) is 0 Å². The van der Waals surface area contributed by atoms with Gasteiger partial charge in [0.25, 0.3) is 0 Å². The number of allylic oxidation sites excluding steroid dienone is 2. The third kappa shape index (κ3) is 4.00. The second-order valence-corrected chi connectivity index (χ2v) is 11.4. The van der Waals surface area contributed by atoms with Crippen LogP contribution in [-0.2, 0) is 10.8 Å². The summed E-state index contributed by atoms with van der Waals surface area (Å²) in [7, 11) is 0. The van der Waals surface area contributed by atoms with E-state index in [-0.39, 0.29) is 10.8 Å². The summed E-state index contributed by atoms with van der Waals surface area (Å²) in [6.07, 6.45) is 15.5. The summed E-state index contributed by atoms with van der Waals surface area (Å²) in [6.45, 7) is 14.1. The van der Waals surface area contributed by atoms with Gasteiger partial charge in [-0.05, 0) is 72.9 Å². The number of hydrogen-bond acceptors (Lipinski definition) is 0. The molecule has 0 fully saturated rings. The minimum absolute atomic E-state index is 0.187. The maximum absolute atomic E-state index is 2.58. The molecule has 0 saturated carbocycles. The van der Waals surface area contributed by atoms with Crippen LogP contribution < -0.4 is 0 Å². The molecule has 2 aliphatic carbocycles. The first kappa shape index (κ1) is 25.3. The topological polar surface area (TPSA) is 0 Å². The SMILES string of the molecule is CCCCC1(CCCC)C2=C(c3ccc(C)cc31)C(CCCC)(CCCC)c1cc(C)ccc12. The highest BCUT2D eigenvalue weighted by Crippen LogP contribution is 2.67. The van der Waals surface area contributed by atoms with Gasteiger partial charge >= 0.3 is 0 Å². The predicted octanol–water partition coefficient (Wildman–Crippen LogP) is 10.5. The number of hydrogen-bond donors (Lipinski definition) is 0. The highest BCUT2D eigenvalue weighted by molar-refractivity contribution is 6.10. The fraction of sp³-hybridized carbons (Fsp3) is 0.588. The summed E-state index contributed by atoms with van der Waals surface area (Å²) < 4.78 is 0. The van der Waals surface area contributed by atoms with Gasteiger partial charge in [-0.15, -0.1) is 0 Å². The van der Waals surface area contributed by atoms with Gasteiger partial charge in [-0.25, -0.2) is 0 Å². The summed E-state index contributed by atoms with van der Waals surface area (Å²) in [5.74, 6) is 0. The molecular weight excluding hydrogens is 408 g/mol. The first-order chi connectivity index (χ1) is 16.5. The summed E-state index contributed by atoms with van der Waals surface area (Å²) >= 11 is 0. The Balaban J connectivity index is 2.06. The Labute approximate surface area is 210 Å². The molecular formula is C34H48. The van der Waals surface area contributed by atoms with E-state index in [0.717, 1.165) is 0 Å². The molecule has 0 saturated heterocycles. The zero-order valence-electron chi connectivity index (χ0n) is 22.9. The van der Waals surface area contributed by atoms with Crippen molar-refractivity contribution in [3.63, 3.8) is 0 Å². The van der Waals surface area contributed by atoms with Gasteiger partial charge in [-0.2, -0.15) is 0 Å². The van der Waals surface area contributed by atoms with E-state index in [2.05, 4.69) is 77.9 Å². The van der Waals surface area contributed by atoms with Crippen molar-refractivity contribution in [2.75, 3.05) is 0 Å². The molecule has 0 spiro atoms. The van der Waals surface area contributed by atoms with E-state index in [1.165, 1.54) is 88.2 Å². The summed E-state index contributed by atoms with van der Waals surface area (Å²) in [4.78, 5) is 0. The maximum atomic E-state index is 2.58. The van der Waals surface area contributed by atoms with Gasteiger partial charge < -0.3 is 0 Å². The Hall–Kier alpha value is -1.82. The molecule has 0 atom stereocenters. The normalized spacial score (nSPS) is 17.1. The Morgan fingerprint density at radius 2 is 0.824 bits per heavy atom. The second-order valence-electron chi connectivity index (χ2n) is 11.4. The van der Waals surface area contributed by atoms with Gasteiger partial charge in [-0.3, -0.25) is 0 Å². The first-order valence-corrected chi connectivity index (χ1v) is 14.5. The van der Waals surface area contributed by atoms with Crippen molar-refractivity contribution in [1.29, 1.82) is 0 Å². The molecule has 0 bridgehead atoms. The summed E-state index contributed by atoms with van der Waals surface area (Å²) in [5, 5.41) is 0. The Kier molecular flexibility index (Phi) is 7.75. The van der Waals surface area contributed by atoms with Gasteiger partial charge in [0.1, 0.15) is 0 Å². The van der Waals surface area contributed by atoms with Crippen LogP contribution in [0.4, 0.5) is 0 Å². The number of unbranched alkanes of at least 4 members (excludes halogenated alkanes) is 4. The van der Waals surface area contributed by atoms with E-state index in [1.54, 1.807) is 33.4 Å². The van der Waals surface area contributed by atoms with Crippen LogP contribution in [0.25, 0.3) is 11.1 Å². The Morgan fingerprint density at radius 1 is 0.500 bits per heavy atom. The second kappa shape index (κ2) is 10.4. The lowest BCUT2D eigenvalue weighted by atomic mass is 9.66. The maximum Gasteiger partial charge on any atom is 0.0218 e. The van der Waals surface area contributed by atoms with Gasteiger partial charge in [0.15, 0.2) is 0 Å². The van der Waals surface area contributed by atoms with Crippen LogP contribution in [0.2, 0.25) is 0 Å². The molecule has 0 heterocycles. The lowest BCUT2D eigenvalue weighted by molar-refractivity contribution is 0.436. The molecule has 0 amide bonds. The quantitative estimate of drug-likeness (QED) is 0.298. The van der Waals surface area contributed by atoms with Crippen molar-refractivity contribution in [2.45, 2.75) is 129 Å². The minimum atomic E-state index is 0.187. The highest BCUT2D eigenvalue weighted by Gasteiger charge is 2.55. The lowest BCUT2D eigenvalue weighted by Gasteiger charge is -2.37. The van der Waals surface area contributed by atoms with Crippen LogP contribution in [0.15, 0.2) is 36.4 Å². The average molecular weight is 457 g/mol. The molecule has 2 aromatic carbocycles. The van der Waals surface area contributed by atoms with Crippen LogP contribution >= 0.6 is 0 Å². The highest BCUT2D eigenvalue weighted by atomic mass is 14.6. The molecule has 2 aliphatic rings. The number of fused-ring (bicyclic) bond motifs is 4. The number of rotatable bonds is 12. The standard InChI is InChI=1S/C34H48/c1-7-11-19-33(20-12-8-2)29-23-25(5)15-17-27(29)32-31(33)28-18-16-26(6)24-30(28)34(32,21-13-9-3)22-14-10-4/h15-18,23-24H,7-14,19-22H2,1-6H3. The minimum Gasteiger partial charge on any atom is -0.0654 e. The fourth-order valence-corrected chi connectivity index (χ4v) is 7.28. The average Bonchev–Trinajstić information content (AvgIpc) is 3.27. The zero-order chi connectivity index (χ0) is 24.3. The van der Waals surface area contributed by atoms with Crippen LogP contribution in [0.3, 0.4) is 0 Å². The molecule has 2 aromatic rings.